The summed E-state index contributed by atoms with van der Waals surface area (Å²) in [5.41, 5.74) is 8.08. The van der Waals surface area contributed by atoms with Gasteiger partial charge < -0.3 is 10.3 Å². The topological polar surface area (TPSA) is 52.0 Å². The first-order valence-electron chi connectivity index (χ1n) is 5.86. The Hall–Kier alpha value is -0.990. The average Bonchev–Trinajstić information content (AvgIpc) is 2.71. The second-order valence-corrected chi connectivity index (χ2v) is 5.02. The summed E-state index contributed by atoms with van der Waals surface area (Å²) < 4.78 is 5.15. The molecule has 1 fully saturated rings. The lowest BCUT2D eigenvalue weighted by molar-refractivity contribution is 0.407. The minimum absolute atomic E-state index is 0.402. The van der Waals surface area contributed by atoms with Crippen molar-refractivity contribution in [1.82, 2.24) is 5.16 Å². The van der Waals surface area contributed by atoms with E-state index >= 15 is 0 Å². The molecule has 1 aromatic heterocycles. The Kier molecular flexibility index (Phi) is 2.72. The highest BCUT2D eigenvalue weighted by molar-refractivity contribution is 5.43. The average molecular weight is 208 g/mol. The zero-order valence-electron chi connectivity index (χ0n) is 9.79. The maximum absolute atomic E-state index is 5.83. The molecule has 3 nitrogen and oxygen atoms in total. The van der Waals surface area contributed by atoms with Gasteiger partial charge in [0.1, 0.15) is 0 Å². The van der Waals surface area contributed by atoms with Gasteiger partial charge >= 0.3 is 0 Å². The van der Waals surface area contributed by atoms with Crippen LogP contribution in [0.2, 0.25) is 0 Å². The molecule has 1 heterocycles. The molecule has 0 aromatic carbocycles. The SMILES string of the molecule is CC(C)c1c(C2CCCC2C)noc1N. The normalized spacial score (nSPS) is 26.4. The predicted molar refractivity (Wildman–Crippen MR) is 60.8 cm³/mol. The standard InChI is InChI=1S/C12H20N2O/c1-7(2)10-11(14-15-12(10)13)9-6-4-5-8(9)3/h7-9H,4-6,13H2,1-3H3. The quantitative estimate of drug-likeness (QED) is 0.811. The van der Waals surface area contributed by atoms with Gasteiger partial charge in [-0.3, -0.25) is 0 Å². The molecule has 3 heteroatoms. The molecular formula is C12H20N2O. The molecule has 0 aliphatic heterocycles. The molecule has 0 saturated heterocycles. The van der Waals surface area contributed by atoms with E-state index in [1.807, 2.05) is 0 Å². The van der Waals surface area contributed by atoms with E-state index in [1.54, 1.807) is 0 Å². The maximum Gasteiger partial charge on any atom is 0.225 e. The van der Waals surface area contributed by atoms with Gasteiger partial charge in [-0.05, 0) is 18.3 Å². The molecule has 0 amide bonds. The number of hydrogen-bond acceptors (Lipinski definition) is 3. The van der Waals surface area contributed by atoms with Gasteiger partial charge in [-0.2, -0.15) is 0 Å². The van der Waals surface area contributed by atoms with Crippen molar-refractivity contribution < 1.29 is 4.52 Å². The molecule has 0 bridgehead atoms. The number of anilines is 1. The van der Waals surface area contributed by atoms with Crippen LogP contribution in [0.5, 0.6) is 0 Å². The van der Waals surface area contributed by atoms with E-state index in [9.17, 15) is 0 Å². The van der Waals surface area contributed by atoms with Gasteiger partial charge in [0.15, 0.2) is 0 Å². The Bertz CT molecular complexity index is 343. The number of aromatic nitrogens is 1. The van der Waals surface area contributed by atoms with Crippen LogP contribution in [0.25, 0.3) is 0 Å². The Morgan fingerprint density at radius 3 is 2.67 bits per heavy atom. The maximum atomic E-state index is 5.83. The fraction of sp³-hybridized carbons (Fsp3) is 0.750. The molecule has 1 aromatic rings. The Balaban J connectivity index is 2.35. The second-order valence-electron chi connectivity index (χ2n) is 5.02. The van der Waals surface area contributed by atoms with Crippen LogP contribution in [-0.2, 0) is 0 Å². The zero-order chi connectivity index (χ0) is 11.0. The summed E-state index contributed by atoms with van der Waals surface area (Å²) in [6, 6.07) is 0. The molecule has 2 unspecified atom stereocenters. The summed E-state index contributed by atoms with van der Waals surface area (Å²) in [5, 5.41) is 4.17. The highest BCUT2D eigenvalue weighted by atomic mass is 16.5. The minimum Gasteiger partial charge on any atom is -0.367 e. The molecule has 2 N–H and O–H groups in total. The van der Waals surface area contributed by atoms with Crippen molar-refractivity contribution in [2.75, 3.05) is 5.73 Å². The molecule has 0 radical (unpaired) electrons. The Morgan fingerprint density at radius 2 is 2.13 bits per heavy atom. The van der Waals surface area contributed by atoms with Gasteiger partial charge in [-0.15, -0.1) is 0 Å². The predicted octanol–water partition coefficient (Wildman–Crippen LogP) is 3.28. The van der Waals surface area contributed by atoms with E-state index in [1.165, 1.54) is 19.3 Å². The third-order valence-electron chi connectivity index (χ3n) is 3.57. The lowest BCUT2D eigenvalue weighted by Gasteiger charge is -2.15. The molecule has 0 spiro atoms. The fourth-order valence-electron chi connectivity index (χ4n) is 2.72. The monoisotopic (exact) mass is 208 g/mol. The van der Waals surface area contributed by atoms with Crippen molar-refractivity contribution in [3.05, 3.63) is 11.3 Å². The lowest BCUT2D eigenvalue weighted by Crippen LogP contribution is -2.07. The van der Waals surface area contributed by atoms with Gasteiger partial charge in [-0.1, -0.05) is 38.8 Å². The summed E-state index contributed by atoms with van der Waals surface area (Å²) in [7, 11) is 0. The van der Waals surface area contributed by atoms with Crippen LogP contribution in [0.3, 0.4) is 0 Å². The highest BCUT2D eigenvalue weighted by Gasteiger charge is 2.31. The van der Waals surface area contributed by atoms with Gasteiger partial charge in [0, 0.05) is 11.5 Å². The van der Waals surface area contributed by atoms with Gasteiger partial charge in [0.05, 0.1) is 5.69 Å². The third-order valence-corrected chi connectivity index (χ3v) is 3.57. The summed E-state index contributed by atoms with van der Waals surface area (Å²) in [6.45, 7) is 6.59. The Labute approximate surface area is 91.0 Å². The second kappa shape index (κ2) is 3.87. The van der Waals surface area contributed by atoms with Crippen molar-refractivity contribution in [1.29, 1.82) is 0 Å². The van der Waals surface area contributed by atoms with E-state index in [0.717, 1.165) is 11.3 Å². The zero-order valence-corrected chi connectivity index (χ0v) is 9.79. The van der Waals surface area contributed by atoms with Crippen molar-refractivity contribution in [3.8, 4) is 0 Å². The first kappa shape index (κ1) is 10.5. The lowest BCUT2D eigenvalue weighted by atomic mass is 9.89. The van der Waals surface area contributed by atoms with Crippen molar-refractivity contribution >= 4 is 5.88 Å². The summed E-state index contributed by atoms with van der Waals surface area (Å²) >= 11 is 0. The van der Waals surface area contributed by atoms with E-state index in [0.29, 0.717) is 23.6 Å². The van der Waals surface area contributed by atoms with Crippen LogP contribution >= 0.6 is 0 Å². The van der Waals surface area contributed by atoms with Crippen LogP contribution in [0.15, 0.2) is 4.52 Å². The molecule has 15 heavy (non-hydrogen) atoms. The molecule has 2 rings (SSSR count). The number of nitrogen functional groups attached to an aromatic ring is 1. The number of rotatable bonds is 2. The van der Waals surface area contributed by atoms with Crippen molar-refractivity contribution in [2.45, 2.75) is 51.9 Å². The van der Waals surface area contributed by atoms with Crippen molar-refractivity contribution in [3.63, 3.8) is 0 Å². The van der Waals surface area contributed by atoms with Crippen molar-refractivity contribution in [2.24, 2.45) is 5.92 Å². The largest absolute Gasteiger partial charge is 0.367 e. The first-order valence-corrected chi connectivity index (χ1v) is 5.86. The summed E-state index contributed by atoms with van der Waals surface area (Å²) in [6.07, 6.45) is 3.83. The smallest absolute Gasteiger partial charge is 0.225 e. The van der Waals surface area contributed by atoms with Gasteiger partial charge in [0.25, 0.3) is 0 Å². The molecule has 84 valence electrons. The summed E-state index contributed by atoms with van der Waals surface area (Å²) in [4.78, 5) is 0. The highest BCUT2D eigenvalue weighted by Crippen LogP contribution is 2.42. The van der Waals surface area contributed by atoms with Crippen LogP contribution in [-0.4, -0.2) is 5.16 Å². The van der Waals surface area contributed by atoms with Crippen LogP contribution in [0.4, 0.5) is 5.88 Å². The number of nitrogens with two attached hydrogens (primary N) is 1. The van der Waals surface area contributed by atoms with E-state index in [4.69, 9.17) is 10.3 Å². The fourth-order valence-corrected chi connectivity index (χ4v) is 2.72. The van der Waals surface area contributed by atoms with E-state index in [-0.39, 0.29) is 0 Å². The molecule has 1 aliphatic rings. The third kappa shape index (κ3) is 1.75. The van der Waals surface area contributed by atoms with E-state index < -0.39 is 0 Å². The molecule has 2 atom stereocenters. The molecule has 1 saturated carbocycles. The van der Waals surface area contributed by atoms with Crippen LogP contribution < -0.4 is 5.73 Å². The minimum atomic E-state index is 0.402. The number of nitrogens with zero attached hydrogens (tertiary/aromatic N) is 1. The van der Waals surface area contributed by atoms with Crippen LogP contribution in [0.1, 0.15) is 63.1 Å². The first-order chi connectivity index (χ1) is 7.11. The van der Waals surface area contributed by atoms with E-state index in [2.05, 4.69) is 25.9 Å². The molecular weight excluding hydrogens is 188 g/mol. The summed E-state index contributed by atoms with van der Waals surface area (Å²) in [5.74, 6) is 2.19. The molecule has 1 aliphatic carbocycles. The van der Waals surface area contributed by atoms with Crippen LogP contribution in [0, 0.1) is 5.92 Å². The number of hydrogen-bond donors (Lipinski definition) is 1. The van der Waals surface area contributed by atoms with Gasteiger partial charge in [0.2, 0.25) is 5.88 Å². The Morgan fingerprint density at radius 1 is 1.40 bits per heavy atom. The van der Waals surface area contributed by atoms with Gasteiger partial charge in [-0.25, -0.2) is 0 Å².